The van der Waals surface area contributed by atoms with E-state index in [1.807, 2.05) is 93.3 Å². The molecule has 2 atom stereocenters. The number of aromatic nitrogens is 5. The Hall–Kier alpha value is -5.77. The lowest BCUT2D eigenvalue weighted by atomic mass is 10.1. The smallest absolute Gasteiger partial charge is 0.249 e. The van der Waals surface area contributed by atoms with Gasteiger partial charge in [-0.1, -0.05) is 30.3 Å². The number of rotatable bonds is 14. The van der Waals surface area contributed by atoms with Gasteiger partial charge in [-0.25, -0.2) is 14.6 Å². The Balaban J connectivity index is 0.808. The van der Waals surface area contributed by atoms with Crippen LogP contribution in [0.15, 0.2) is 96.4 Å². The molecule has 3 aromatic carbocycles. The molecular weight excluding hydrogens is 733 g/mol. The number of nitrogens with one attached hydrogen (secondary N) is 1. The molecule has 6 aromatic rings. The highest BCUT2D eigenvalue weighted by atomic mass is 32.2. The van der Waals surface area contributed by atoms with Crippen molar-refractivity contribution in [2.24, 2.45) is 0 Å². The molecule has 0 saturated carbocycles. The van der Waals surface area contributed by atoms with Crippen LogP contribution in [0.5, 0.6) is 11.5 Å². The molecule has 0 radical (unpaired) electrons. The molecule has 2 aliphatic rings. The largest absolute Gasteiger partial charge is 0.457 e. The maximum atomic E-state index is 13.2. The molecule has 2 fully saturated rings. The minimum Gasteiger partial charge on any atom is -0.457 e. The summed E-state index contributed by atoms with van der Waals surface area (Å²) in [4.78, 5) is 49.0. The number of para-hydroxylation sites is 1. The van der Waals surface area contributed by atoms with E-state index in [-0.39, 0.29) is 36.4 Å². The van der Waals surface area contributed by atoms with E-state index in [2.05, 4.69) is 21.4 Å². The van der Waals surface area contributed by atoms with Crippen molar-refractivity contribution in [3.63, 3.8) is 0 Å². The second-order valence-electron chi connectivity index (χ2n) is 13.8. The highest BCUT2D eigenvalue weighted by Gasteiger charge is 2.30. The molecule has 2 saturated heterocycles. The highest BCUT2D eigenvalue weighted by molar-refractivity contribution is 7.99. The van der Waals surface area contributed by atoms with Crippen LogP contribution in [-0.4, -0.2) is 92.2 Å². The van der Waals surface area contributed by atoms with Crippen LogP contribution in [0, 0.1) is 0 Å². The number of hydrogen-bond donors (Lipinski definition) is 2. The highest BCUT2D eigenvalue weighted by Crippen LogP contribution is 2.35. The third-order valence-electron chi connectivity index (χ3n) is 10.0. The number of benzene rings is 3. The summed E-state index contributed by atoms with van der Waals surface area (Å²) in [5.41, 5.74) is 8.55. The van der Waals surface area contributed by atoms with E-state index in [0.29, 0.717) is 74.0 Å². The van der Waals surface area contributed by atoms with Crippen molar-refractivity contribution < 1.29 is 28.6 Å². The molecule has 0 spiro atoms. The van der Waals surface area contributed by atoms with Crippen LogP contribution in [-0.2, 0) is 23.9 Å². The second kappa shape index (κ2) is 16.9. The van der Waals surface area contributed by atoms with E-state index in [4.69, 9.17) is 25.0 Å². The van der Waals surface area contributed by atoms with Crippen LogP contribution in [0.25, 0.3) is 33.1 Å². The molecule has 3 N–H and O–H groups in total. The summed E-state index contributed by atoms with van der Waals surface area (Å²) in [6, 6.07) is 22.9. The van der Waals surface area contributed by atoms with Gasteiger partial charge in [0.2, 0.25) is 17.7 Å². The van der Waals surface area contributed by atoms with Gasteiger partial charge in [0, 0.05) is 58.9 Å². The van der Waals surface area contributed by atoms with Gasteiger partial charge in [0.25, 0.3) is 0 Å². The Morgan fingerprint density at radius 1 is 0.911 bits per heavy atom. The van der Waals surface area contributed by atoms with Crippen LogP contribution in [0.1, 0.15) is 37.8 Å². The van der Waals surface area contributed by atoms with Crippen LogP contribution in [0.4, 0.5) is 5.82 Å². The number of fused-ring (bicyclic) bond motifs is 2. The van der Waals surface area contributed by atoms with Crippen molar-refractivity contribution in [3.8, 4) is 22.8 Å². The maximum Gasteiger partial charge on any atom is 0.249 e. The lowest BCUT2D eigenvalue weighted by molar-refractivity contribution is -0.138. The first-order chi connectivity index (χ1) is 27.4. The van der Waals surface area contributed by atoms with Gasteiger partial charge in [-0.3, -0.25) is 19.7 Å². The van der Waals surface area contributed by atoms with E-state index in [0.717, 1.165) is 45.6 Å². The molecule has 1 unspecified atom stereocenters. The average molecular weight is 775 g/mol. The number of piperidine rings is 2. The number of carbonyl (C=O) groups excluding carboxylic acids is 3. The van der Waals surface area contributed by atoms with E-state index >= 15 is 0 Å². The zero-order chi connectivity index (χ0) is 38.4. The van der Waals surface area contributed by atoms with Gasteiger partial charge in [-0.2, -0.15) is 5.10 Å². The summed E-state index contributed by atoms with van der Waals surface area (Å²) >= 11 is 1.68. The number of thioether (sulfide) groups is 1. The quantitative estimate of drug-likeness (QED) is 0.0781. The number of nitrogens with two attached hydrogens (primary N) is 1. The summed E-state index contributed by atoms with van der Waals surface area (Å²) in [7, 11) is 0. The molecule has 2 aliphatic heterocycles. The van der Waals surface area contributed by atoms with Crippen LogP contribution >= 0.6 is 11.8 Å². The van der Waals surface area contributed by atoms with Crippen molar-refractivity contribution >= 4 is 57.1 Å². The normalized spacial score (nSPS) is 17.4. The summed E-state index contributed by atoms with van der Waals surface area (Å²) in [5.74, 6) is 1.96. The van der Waals surface area contributed by atoms with Gasteiger partial charge in [0.05, 0.1) is 31.2 Å². The minimum absolute atomic E-state index is 0.0331. The Morgan fingerprint density at radius 2 is 1.73 bits per heavy atom. The van der Waals surface area contributed by atoms with Crippen LogP contribution in [0.2, 0.25) is 0 Å². The monoisotopic (exact) mass is 774 g/mol. The molecule has 56 heavy (non-hydrogen) atoms. The van der Waals surface area contributed by atoms with Gasteiger partial charge in [-0.15, -0.1) is 11.8 Å². The number of imide groups is 1. The van der Waals surface area contributed by atoms with Gasteiger partial charge < -0.3 is 29.4 Å². The van der Waals surface area contributed by atoms with Gasteiger partial charge in [-0.05, 0) is 61.7 Å². The number of nitrogens with zero attached hydrogens (tertiary/aromatic N) is 6. The zero-order valence-corrected chi connectivity index (χ0v) is 31.5. The van der Waals surface area contributed by atoms with Gasteiger partial charge >= 0.3 is 0 Å². The second-order valence-corrected chi connectivity index (χ2v) is 14.9. The molecule has 15 heteroatoms. The van der Waals surface area contributed by atoms with Crippen molar-refractivity contribution in [1.82, 2.24) is 34.5 Å². The van der Waals surface area contributed by atoms with Crippen LogP contribution in [0.3, 0.4) is 0 Å². The molecule has 14 nitrogen and oxygen atoms in total. The van der Waals surface area contributed by atoms with Crippen molar-refractivity contribution in [1.29, 1.82) is 0 Å². The van der Waals surface area contributed by atoms with Gasteiger partial charge in [0.1, 0.15) is 42.0 Å². The fourth-order valence-electron chi connectivity index (χ4n) is 7.25. The number of ether oxygens (including phenoxy) is 3. The molecular formula is C41H42N8O6S. The van der Waals surface area contributed by atoms with E-state index in [1.165, 1.54) is 6.33 Å². The fraction of sp³-hybridized carbons (Fsp3) is 0.317. The summed E-state index contributed by atoms with van der Waals surface area (Å²) in [6.45, 7) is 2.27. The third kappa shape index (κ3) is 8.25. The first-order valence-electron chi connectivity index (χ1n) is 18.7. The maximum absolute atomic E-state index is 13.2. The van der Waals surface area contributed by atoms with Crippen molar-refractivity contribution in [2.75, 3.05) is 51.0 Å². The number of nitrogen functional groups attached to an aromatic ring is 1. The molecule has 3 aromatic heterocycles. The fourth-order valence-corrected chi connectivity index (χ4v) is 8.17. The minimum atomic E-state index is -0.388. The standard InChI is InChI=1S/C41H42N8O6S/c42-39-37-38(27-11-13-31(14-12-27)55-30-8-2-1-3-9-30)46-49(40(37)44-26-43-39)29-7-5-17-47(23-29)36(51)25-54-19-18-53-20-21-56-34-10-4-6-28-22-48(24-32(28)34)33-15-16-35(50)45-41(33)52/h1-4,6,8-14,22,24,26,29,33H,5,7,15-21,23,25H2,(H2,42,43,44)(H,45,50,52)/t29-,33?/m1/s1. The number of amides is 3. The number of hydrogen-bond acceptors (Lipinski definition) is 11. The summed E-state index contributed by atoms with van der Waals surface area (Å²) < 4.78 is 21.3. The van der Waals surface area contributed by atoms with E-state index < -0.39 is 0 Å². The lowest BCUT2D eigenvalue weighted by Crippen LogP contribution is -2.42. The third-order valence-corrected chi connectivity index (χ3v) is 11.1. The zero-order valence-electron chi connectivity index (χ0n) is 30.7. The molecule has 8 rings (SSSR count). The van der Waals surface area contributed by atoms with Crippen molar-refractivity contribution in [2.45, 2.75) is 42.7 Å². The number of anilines is 1. The summed E-state index contributed by atoms with van der Waals surface area (Å²) in [5, 5.41) is 10.2. The molecule has 0 bridgehead atoms. The lowest BCUT2D eigenvalue weighted by Gasteiger charge is -2.33. The topological polar surface area (TPSA) is 169 Å². The summed E-state index contributed by atoms with van der Waals surface area (Å²) in [6.07, 6.45) is 7.87. The predicted octanol–water partition coefficient (Wildman–Crippen LogP) is 5.79. The molecule has 5 heterocycles. The molecule has 288 valence electrons. The first-order valence-corrected chi connectivity index (χ1v) is 19.7. The predicted molar refractivity (Wildman–Crippen MR) is 212 cm³/mol. The Labute approximate surface area is 327 Å². The average Bonchev–Trinajstić information content (AvgIpc) is 3.83. The molecule has 3 amide bonds. The number of likely N-dealkylation sites (tertiary alicyclic amines) is 1. The molecule has 0 aliphatic carbocycles. The SMILES string of the molecule is Nc1ncnc2c1c(-c1ccc(Oc3ccccc3)cc1)nn2[C@@H]1CCCN(C(=O)COCCOCCSc2cccc3cn(C4CCC(=O)NC4=O)cc23)C1. The Bertz CT molecular complexity index is 2350. The Morgan fingerprint density at radius 3 is 2.57 bits per heavy atom. The van der Waals surface area contributed by atoms with E-state index in [9.17, 15) is 14.4 Å². The Kier molecular flexibility index (Phi) is 11.2. The first kappa shape index (κ1) is 37.2. The van der Waals surface area contributed by atoms with Gasteiger partial charge in [0.15, 0.2) is 5.65 Å². The van der Waals surface area contributed by atoms with Crippen LogP contribution < -0.4 is 15.8 Å². The van der Waals surface area contributed by atoms with E-state index in [1.54, 1.807) is 11.8 Å². The number of carbonyl (C=O) groups is 3. The van der Waals surface area contributed by atoms with Crippen molar-refractivity contribution in [3.05, 3.63) is 91.5 Å².